The van der Waals surface area contributed by atoms with Crippen LogP contribution in [0.1, 0.15) is 46.1 Å². The first-order valence-electron chi connectivity index (χ1n) is 9.45. The molecule has 4 rings (SSSR count). The number of hydrogen-bond acceptors (Lipinski definition) is 5. The zero-order chi connectivity index (χ0) is 20.4. The number of carbonyl (C=O) groups is 2. The molecule has 0 fully saturated rings. The molecular formula is C21H20N4O3S. The van der Waals surface area contributed by atoms with Crippen molar-refractivity contribution in [3.05, 3.63) is 57.0 Å². The van der Waals surface area contributed by atoms with E-state index < -0.39 is 5.91 Å². The van der Waals surface area contributed by atoms with Crippen LogP contribution in [0.15, 0.2) is 34.2 Å². The van der Waals surface area contributed by atoms with Gasteiger partial charge in [-0.2, -0.15) is 0 Å². The van der Waals surface area contributed by atoms with E-state index in [2.05, 4.69) is 22.1 Å². The largest absolute Gasteiger partial charge is 0.366 e. The maximum absolute atomic E-state index is 12.8. The number of nitrogens with zero attached hydrogens (tertiary/aromatic N) is 2. The fraction of sp³-hybridized carbons (Fsp3) is 0.333. The zero-order valence-corrected chi connectivity index (χ0v) is 16.6. The summed E-state index contributed by atoms with van der Waals surface area (Å²) in [6.07, 6.45) is 2.85. The van der Waals surface area contributed by atoms with Crippen molar-refractivity contribution in [2.75, 3.05) is 12.3 Å². The number of primary amides is 1. The minimum absolute atomic E-state index is 0.0181. The molecule has 0 bridgehead atoms. The Bertz CT molecular complexity index is 1100. The van der Waals surface area contributed by atoms with Crippen molar-refractivity contribution in [3.8, 4) is 11.8 Å². The van der Waals surface area contributed by atoms with Crippen molar-refractivity contribution < 1.29 is 9.59 Å². The van der Waals surface area contributed by atoms with E-state index in [9.17, 15) is 14.4 Å². The first-order valence-corrected chi connectivity index (χ1v) is 10.4. The van der Waals surface area contributed by atoms with E-state index in [0.717, 1.165) is 41.2 Å². The Morgan fingerprint density at radius 1 is 1.28 bits per heavy atom. The maximum atomic E-state index is 12.8. The summed E-state index contributed by atoms with van der Waals surface area (Å²) in [7, 11) is 0. The van der Waals surface area contributed by atoms with Gasteiger partial charge in [-0.1, -0.05) is 23.6 Å². The second kappa shape index (κ2) is 8.13. The van der Waals surface area contributed by atoms with Crippen molar-refractivity contribution in [1.29, 1.82) is 0 Å². The SMILES string of the molecule is NC(=O)c1ccc(C#CCNC(=O)CC2CSc3nc4c(c(=O)n32)CCC4)cc1. The molecule has 0 saturated carbocycles. The Kier molecular flexibility index (Phi) is 5.41. The monoisotopic (exact) mass is 408 g/mol. The predicted octanol–water partition coefficient (Wildman–Crippen LogP) is 1.04. The lowest BCUT2D eigenvalue weighted by atomic mass is 10.1. The van der Waals surface area contributed by atoms with Crippen LogP contribution in [0.25, 0.3) is 0 Å². The lowest BCUT2D eigenvalue weighted by Crippen LogP contribution is -2.32. The topological polar surface area (TPSA) is 107 Å². The van der Waals surface area contributed by atoms with Crippen molar-refractivity contribution in [3.63, 3.8) is 0 Å². The summed E-state index contributed by atoms with van der Waals surface area (Å²) in [6.45, 7) is 0.209. The van der Waals surface area contributed by atoms with Crippen LogP contribution >= 0.6 is 11.8 Å². The molecule has 29 heavy (non-hydrogen) atoms. The molecule has 1 aromatic heterocycles. The van der Waals surface area contributed by atoms with E-state index in [-0.39, 0.29) is 30.5 Å². The number of benzene rings is 1. The summed E-state index contributed by atoms with van der Waals surface area (Å²) in [5.41, 5.74) is 8.12. The Morgan fingerprint density at radius 3 is 2.83 bits per heavy atom. The molecule has 0 saturated heterocycles. The Balaban J connectivity index is 1.34. The van der Waals surface area contributed by atoms with E-state index in [4.69, 9.17) is 5.73 Å². The van der Waals surface area contributed by atoms with Gasteiger partial charge in [-0.05, 0) is 43.5 Å². The molecule has 1 aliphatic heterocycles. The molecule has 2 amide bonds. The minimum Gasteiger partial charge on any atom is -0.366 e. The first kappa shape index (κ1) is 19.3. The highest BCUT2D eigenvalue weighted by Gasteiger charge is 2.30. The van der Waals surface area contributed by atoms with Crippen LogP contribution in [-0.4, -0.2) is 33.7 Å². The molecule has 1 aliphatic carbocycles. The van der Waals surface area contributed by atoms with Crippen LogP contribution in [-0.2, 0) is 17.6 Å². The fourth-order valence-corrected chi connectivity index (χ4v) is 4.75. The molecule has 2 heterocycles. The van der Waals surface area contributed by atoms with Gasteiger partial charge >= 0.3 is 0 Å². The van der Waals surface area contributed by atoms with Gasteiger partial charge in [-0.3, -0.25) is 19.0 Å². The zero-order valence-electron chi connectivity index (χ0n) is 15.7. The van der Waals surface area contributed by atoms with Gasteiger partial charge < -0.3 is 11.1 Å². The average molecular weight is 408 g/mol. The molecular weight excluding hydrogens is 388 g/mol. The molecule has 8 heteroatoms. The highest BCUT2D eigenvalue weighted by atomic mass is 32.2. The third-order valence-electron chi connectivity index (χ3n) is 5.07. The number of aromatic nitrogens is 2. The Morgan fingerprint density at radius 2 is 2.07 bits per heavy atom. The van der Waals surface area contributed by atoms with Crippen molar-refractivity contribution in [2.24, 2.45) is 5.73 Å². The highest BCUT2D eigenvalue weighted by Crippen LogP contribution is 2.33. The first-order chi connectivity index (χ1) is 14.0. The number of amides is 2. The van der Waals surface area contributed by atoms with Crippen LogP contribution in [0.4, 0.5) is 0 Å². The van der Waals surface area contributed by atoms with Crippen molar-refractivity contribution >= 4 is 23.6 Å². The summed E-state index contributed by atoms with van der Waals surface area (Å²) >= 11 is 1.54. The molecule has 0 spiro atoms. The van der Waals surface area contributed by atoms with Crippen LogP contribution in [0.5, 0.6) is 0 Å². The Labute approximate surface area is 172 Å². The van der Waals surface area contributed by atoms with Gasteiger partial charge in [0.25, 0.3) is 5.56 Å². The van der Waals surface area contributed by atoms with Gasteiger partial charge in [0.1, 0.15) is 0 Å². The summed E-state index contributed by atoms with van der Waals surface area (Å²) < 4.78 is 1.69. The molecule has 3 N–H and O–H groups in total. The third kappa shape index (κ3) is 4.05. The number of nitrogens with two attached hydrogens (primary N) is 1. The van der Waals surface area contributed by atoms with Gasteiger partial charge in [0.15, 0.2) is 5.16 Å². The second-order valence-corrected chi connectivity index (χ2v) is 8.02. The summed E-state index contributed by atoms with van der Waals surface area (Å²) in [5, 5.41) is 3.51. The number of hydrogen-bond donors (Lipinski definition) is 2. The van der Waals surface area contributed by atoms with Crippen LogP contribution in [0, 0.1) is 11.8 Å². The fourth-order valence-electron chi connectivity index (χ4n) is 3.60. The standard InChI is InChI=1S/C21H20N4O3S/c22-19(27)14-8-6-13(7-9-14)3-2-10-23-18(26)11-15-12-29-21-24-17-5-1-4-16(17)20(28)25(15)21/h6-9,15H,1,4-5,10-12H2,(H2,22,27)(H,23,26). The van der Waals surface area contributed by atoms with Crippen LogP contribution in [0.2, 0.25) is 0 Å². The van der Waals surface area contributed by atoms with Gasteiger partial charge in [0.05, 0.1) is 18.3 Å². The van der Waals surface area contributed by atoms with E-state index in [1.807, 2.05) is 0 Å². The summed E-state index contributed by atoms with van der Waals surface area (Å²) in [4.78, 5) is 40.7. The lowest BCUT2D eigenvalue weighted by Gasteiger charge is -2.13. The van der Waals surface area contributed by atoms with Crippen LogP contribution in [0.3, 0.4) is 0 Å². The van der Waals surface area contributed by atoms with Gasteiger partial charge in [-0.25, -0.2) is 4.98 Å². The number of fused-ring (bicyclic) bond motifs is 2. The second-order valence-electron chi connectivity index (χ2n) is 7.04. The quantitative estimate of drug-likeness (QED) is 0.581. The highest BCUT2D eigenvalue weighted by molar-refractivity contribution is 7.99. The van der Waals surface area contributed by atoms with Gasteiger partial charge in [0.2, 0.25) is 11.8 Å². The van der Waals surface area contributed by atoms with E-state index in [1.165, 1.54) is 11.8 Å². The molecule has 2 aliphatic rings. The van der Waals surface area contributed by atoms with Crippen LogP contribution < -0.4 is 16.6 Å². The van der Waals surface area contributed by atoms with Crippen molar-refractivity contribution in [1.82, 2.24) is 14.9 Å². The maximum Gasteiger partial charge on any atom is 0.257 e. The molecule has 1 unspecified atom stereocenters. The molecule has 1 atom stereocenters. The molecule has 148 valence electrons. The number of thioether (sulfide) groups is 1. The van der Waals surface area contributed by atoms with E-state index >= 15 is 0 Å². The number of aryl methyl sites for hydroxylation is 1. The normalized spacial score (nSPS) is 16.5. The minimum atomic E-state index is -0.484. The molecule has 2 aromatic rings. The lowest BCUT2D eigenvalue weighted by molar-refractivity contribution is -0.121. The summed E-state index contributed by atoms with van der Waals surface area (Å²) in [6, 6.07) is 6.47. The van der Waals surface area contributed by atoms with Crippen molar-refractivity contribution in [2.45, 2.75) is 36.9 Å². The smallest absolute Gasteiger partial charge is 0.257 e. The summed E-state index contributed by atoms with van der Waals surface area (Å²) in [5.74, 6) is 5.86. The van der Waals surface area contributed by atoms with E-state index in [1.54, 1.807) is 28.8 Å². The Hall–Kier alpha value is -3.05. The van der Waals surface area contributed by atoms with Gasteiger partial charge in [0, 0.05) is 28.9 Å². The number of carbonyl (C=O) groups excluding carboxylic acids is 2. The predicted molar refractivity (Wildman–Crippen MR) is 110 cm³/mol. The average Bonchev–Trinajstić information content (AvgIpc) is 3.33. The molecule has 7 nitrogen and oxygen atoms in total. The number of nitrogens with one attached hydrogen (secondary N) is 1. The van der Waals surface area contributed by atoms with Gasteiger partial charge in [-0.15, -0.1) is 0 Å². The number of rotatable bonds is 4. The van der Waals surface area contributed by atoms with E-state index in [0.29, 0.717) is 11.3 Å². The molecule has 1 aromatic carbocycles. The third-order valence-corrected chi connectivity index (χ3v) is 6.17. The molecule has 0 radical (unpaired) electrons.